The number of hydrogen-bond acceptors (Lipinski definition) is 0. The van der Waals surface area contributed by atoms with Gasteiger partial charge in [0.2, 0.25) is 0 Å². The van der Waals surface area contributed by atoms with Crippen molar-refractivity contribution in [3.63, 3.8) is 0 Å². The van der Waals surface area contributed by atoms with Gasteiger partial charge >= 0.3 is 0 Å². The average Bonchev–Trinajstić information content (AvgIpc) is 2.50. The lowest BCUT2D eigenvalue weighted by molar-refractivity contribution is 0.936. The van der Waals surface area contributed by atoms with E-state index in [1.165, 1.54) is 0 Å². The molecule has 2 aromatic carbocycles. The predicted octanol–water partition coefficient (Wildman–Crippen LogP) is 5.07. The highest BCUT2D eigenvalue weighted by Gasteiger charge is 2.31. The maximum absolute atomic E-state index is 6.28. The van der Waals surface area contributed by atoms with Crippen LogP contribution in [0.25, 0.3) is 10.8 Å². The third-order valence-electron chi connectivity index (χ3n) is 2.90. The molecule has 0 nitrogen and oxygen atoms in total. The van der Waals surface area contributed by atoms with Gasteiger partial charge < -0.3 is 0 Å². The first kappa shape index (κ1) is 9.77. The van der Waals surface area contributed by atoms with Crippen molar-refractivity contribution in [3.8, 4) is 0 Å². The summed E-state index contributed by atoms with van der Waals surface area (Å²) in [6.07, 6.45) is 0. The van der Waals surface area contributed by atoms with Crippen LogP contribution in [0, 0.1) is 0 Å². The van der Waals surface area contributed by atoms with Crippen molar-refractivity contribution in [1.29, 1.82) is 0 Å². The summed E-state index contributed by atoms with van der Waals surface area (Å²) in [4.78, 5) is 0. The molecule has 0 bridgehead atoms. The maximum Gasteiger partial charge on any atom is 0.0796 e. The Morgan fingerprint density at radius 2 is 1.53 bits per heavy atom. The van der Waals surface area contributed by atoms with Gasteiger partial charge in [-0.3, -0.25) is 0 Å². The fourth-order valence-corrected chi connectivity index (χ4v) is 3.06. The van der Waals surface area contributed by atoms with E-state index in [0.717, 1.165) is 26.9 Å². The smallest absolute Gasteiger partial charge is 0.0796 e. The summed E-state index contributed by atoms with van der Waals surface area (Å²) in [5.41, 5.74) is 2.18. The molecule has 3 rings (SSSR count). The topological polar surface area (TPSA) is 0 Å². The van der Waals surface area contributed by atoms with Crippen molar-refractivity contribution < 1.29 is 0 Å². The third kappa shape index (κ3) is 1.22. The van der Waals surface area contributed by atoms with Crippen LogP contribution in [0.2, 0.25) is 5.02 Å². The van der Waals surface area contributed by atoms with Crippen LogP contribution in [0.5, 0.6) is 0 Å². The van der Waals surface area contributed by atoms with E-state index in [4.69, 9.17) is 34.8 Å². The van der Waals surface area contributed by atoms with E-state index < -0.39 is 0 Å². The molecule has 76 valence electrons. The largest absolute Gasteiger partial charge is 0.116 e. The molecule has 3 heteroatoms. The minimum atomic E-state index is -0.149. The van der Waals surface area contributed by atoms with E-state index in [-0.39, 0.29) is 10.8 Å². The third-order valence-corrected chi connectivity index (χ3v) is 4.34. The van der Waals surface area contributed by atoms with Gasteiger partial charge in [-0.1, -0.05) is 35.9 Å². The highest BCUT2D eigenvalue weighted by atomic mass is 35.5. The molecule has 0 radical (unpaired) electrons. The fraction of sp³-hybridized carbons (Fsp3) is 0.167. The minimum Gasteiger partial charge on any atom is -0.116 e. The highest BCUT2D eigenvalue weighted by Crippen LogP contribution is 2.51. The van der Waals surface area contributed by atoms with Crippen LogP contribution < -0.4 is 0 Å². The maximum atomic E-state index is 6.28. The molecule has 2 unspecified atom stereocenters. The second-order valence-electron chi connectivity index (χ2n) is 3.71. The molecule has 0 amide bonds. The molecule has 0 fully saturated rings. The Bertz CT molecular complexity index is 534. The normalized spacial score (nSPS) is 23.7. The van der Waals surface area contributed by atoms with Gasteiger partial charge in [0.1, 0.15) is 0 Å². The minimum absolute atomic E-state index is 0.149. The molecule has 0 aliphatic heterocycles. The van der Waals surface area contributed by atoms with Crippen molar-refractivity contribution in [3.05, 3.63) is 46.5 Å². The second kappa shape index (κ2) is 3.28. The molecular formula is C12H7Cl3. The quantitative estimate of drug-likeness (QED) is 0.578. The lowest BCUT2D eigenvalue weighted by atomic mass is 10.1. The summed E-state index contributed by atoms with van der Waals surface area (Å²) in [7, 11) is 0. The molecule has 0 saturated carbocycles. The number of alkyl halides is 2. The first-order valence-electron chi connectivity index (χ1n) is 4.69. The van der Waals surface area contributed by atoms with E-state index in [9.17, 15) is 0 Å². The van der Waals surface area contributed by atoms with Crippen molar-refractivity contribution in [2.45, 2.75) is 10.8 Å². The van der Waals surface area contributed by atoms with E-state index in [0.29, 0.717) is 0 Å². The summed E-state index contributed by atoms with van der Waals surface area (Å²) >= 11 is 18.7. The fourth-order valence-electron chi connectivity index (χ4n) is 2.20. The van der Waals surface area contributed by atoms with Crippen molar-refractivity contribution >= 4 is 45.6 Å². The lowest BCUT2D eigenvalue weighted by Crippen LogP contribution is -1.89. The first-order valence-corrected chi connectivity index (χ1v) is 5.94. The van der Waals surface area contributed by atoms with E-state index in [1.54, 1.807) is 0 Å². The number of halogens is 3. The van der Waals surface area contributed by atoms with Gasteiger partial charge in [0.15, 0.2) is 0 Å². The van der Waals surface area contributed by atoms with Gasteiger partial charge in [-0.05, 0) is 22.6 Å². The molecule has 2 aromatic rings. The summed E-state index contributed by atoms with van der Waals surface area (Å²) in [5.74, 6) is 0. The zero-order valence-electron chi connectivity index (χ0n) is 7.68. The van der Waals surface area contributed by atoms with Gasteiger partial charge in [0.05, 0.1) is 10.8 Å². The van der Waals surface area contributed by atoms with E-state index in [1.807, 2.05) is 30.3 Å². The number of rotatable bonds is 0. The Balaban J connectivity index is 2.51. The van der Waals surface area contributed by atoms with Crippen molar-refractivity contribution in [2.24, 2.45) is 0 Å². The van der Waals surface area contributed by atoms with Gasteiger partial charge in [-0.15, -0.1) is 23.2 Å². The monoisotopic (exact) mass is 256 g/mol. The number of benzene rings is 2. The molecule has 0 heterocycles. The van der Waals surface area contributed by atoms with Gasteiger partial charge in [0, 0.05) is 10.4 Å². The molecule has 1 aliphatic carbocycles. The standard InChI is InChI=1S/C12H7Cl3/c13-9-5-4-8-10-6(9)2-1-3-7(10)11(14)12(8)15/h1-5,11-12H. The zero-order valence-corrected chi connectivity index (χ0v) is 9.94. The SMILES string of the molecule is Clc1ccc2c3c(cccc13)C(Cl)C2Cl. The Kier molecular flexibility index (Phi) is 2.14. The van der Waals surface area contributed by atoms with Gasteiger partial charge in [-0.2, -0.15) is 0 Å². The van der Waals surface area contributed by atoms with Crippen molar-refractivity contribution in [2.75, 3.05) is 0 Å². The highest BCUT2D eigenvalue weighted by molar-refractivity contribution is 6.37. The molecule has 1 aliphatic rings. The average molecular weight is 258 g/mol. The molecule has 2 atom stereocenters. The van der Waals surface area contributed by atoms with Crippen LogP contribution in [-0.2, 0) is 0 Å². The van der Waals surface area contributed by atoms with Crippen molar-refractivity contribution in [1.82, 2.24) is 0 Å². The first-order chi connectivity index (χ1) is 7.20. The molecule has 0 spiro atoms. The van der Waals surface area contributed by atoms with Crippen LogP contribution in [0.3, 0.4) is 0 Å². The Labute approximate surface area is 103 Å². The van der Waals surface area contributed by atoms with Crippen LogP contribution >= 0.6 is 34.8 Å². The van der Waals surface area contributed by atoms with E-state index >= 15 is 0 Å². The van der Waals surface area contributed by atoms with Crippen LogP contribution in [0.1, 0.15) is 21.9 Å². The van der Waals surface area contributed by atoms with Crippen LogP contribution in [-0.4, -0.2) is 0 Å². The summed E-state index contributed by atoms with van der Waals surface area (Å²) in [6, 6.07) is 9.84. The zero-order chi connectivity index (χ0) is 10.6. The Morgan fingerprint density at radius 1 is 0.867 bits per heavy atom. The molecule has 0 saturated heterocycles. The summed E-state index contributed by atoms with van der Waals surface area (Å²) in [5, 5.41) is 2.63. The molecule has 15 heavy (non-hydrogen) atoms. The Hall–Kier alpha value is -0.430. The Morgan fingerprint density at radius 3 is 2.27 bits per heavy atom. The van der Waals surface area contributed by atoms with Gasteiger partial charge in [-0.25, -0.2) is 0 Å². The lowest BCUT2D eigenvalue weighted by Gasteiger charge is -2.05. The number of hydrogen-bond donors (Lipinski definition) is 0. The van der Waals surface area contributed by atoms with E-state index in [2.05, 4.69) is 0 Å². The predicted molar refractivity (Wildman–Crippen MR) is 66.1 cm³/mol. The van der Waals surface area contributed by atoms with Gasteiger partial charge in [0.25, 0.3) is 0 Å². The van der Waals surface area contributed by atoms with Crippen LogP contribution in [0.15, 0.2) is 30.3 Å². The summed E-state index contributed by atoms with van der Waals surface area (Å²) in [6.45, 7) is 0. The molecular weight excluding hydrogens is 250 g/mol. The second-order valence-corrected chi connectivity index (χ2v) is 5.06. The van der Waals surface area contributed by atoms with Crippen LogP contribution in [0.4, 0.5) is 0 Å². The molecule has 0 N–H and O–H groups in total. The summed E-state index contributed by atoms with van der Waals surface area (Å²) < 4.78 is 0. The molecule has 0 aromatic heterocycles.